The second kappa shape index (κ2) is 9.94. The van der Waals surface area contributed by atoms with Crippen LogP contribution in [0.3, 0.4) is 0 Å². The fourth-order valence-electron chi connectivity index (χ4n) is 2.41. The van der Waals surface area contributed by atoms with Gasteiger partial charge in [-0.15, -0.1) is 6.58 Å². The van der Waals surface area contributed by atoms with E-state index in [1.807, 2.05) is 0 Å². The highest BCUT2D eigenvalue weighted by Gasteiger charge is 2.23. The highest BCUT2D eigenvalue weighted by Crippen LogP contribution is 2.16. The lowest BCUT2D eigenvalue weighted by Crippen LogP contribution is -2.35. The molecule has 0 atom stereocenters. The molecule has 0 aliphatic carbocycles. The minimum absolute atomic E-state index is 0.130. The summed E-state index contributed by atoms with van der Waals surface area (Å²) in [5.74, 6) is -1.38. The van der Waals surface area contributed by atoms with E-state index < -0.39 is 38.3 Å². The summed E-state index contributed by atoms with van der Waals surface area (Å²) in [6.45, 7) is 3.12. The third-order valence-corrected chi connectivity index (χ3v) is 7.07. The van der Waals surface area contributed by atoms with Gasteiger partial charge in [0.2, 0.25) is 26.0 Å². The van der Waals surface area contributed by atoms with Crippen LogP contribution >= 0.6 is 0 Å². The lowest BCUT2D eigenvalue weighted by atomic mass is 10.2. The Bertz CT molecular complexity index is 1100. The zero-order chi connectivity index (χ0) is 22.4. The van der Waals surface area contributed by atoms with Crippen LogP contribution in [0.5, 0.6) is 0 Å². The molecule has 0 aliphatic rings. The molecule has 0 unspecified atom stereocenters. The Kier molecular flexibility index (Phi) is 7.84. The molecule has 8 nitrogen and oxygen atoms in total. The molecule has 11 heteroatoms. The van der Waals surface area contributed by atoms with Gasteiger partial charge in [-0.3, -0.25) is 4.79 Å². The molecule has 0 aromatic heterocycles. The summed E-state index contributed by atoms with van der Waals surface area (Å²) in [5, 5.41) is 2.55. The molecule has 162 valence electrons. The van der Waals surface area contributed by atoms with E-state index in [4.69, 9.17) is 0 Å². The molecule has 30 heavy (non-hydrogen) atoms. The molecule has 0 bridgehead atoms. The number of amides is 1. The van der Waals surface area contributed by atoms with Crippen LogP contribution in [-0.4, -0.2) is 47.2 Å². The van der Waals surface area contributed by atoms with E-state index in [1.54, 1.807) is 12.1 Å². The summed E-state index contributed by atoms with van der Waals surface area (Å²) >= 11 is 0. The second-order valence-electron chi connectivity index (χ2n) is 6.36. The van der Waals surface area contributed by atoms with Crippen molar-refractivity contribution in [3.8, 4) is 0 Å². The quantitative estimate of drug-likeness (QED) is 0.530. The Morgan fingerprint density at radius 1 is 1.07 bits per heavy atom. The number of carbonyl (C=O) groups is 1. The first-order chi connectivity index (χ1) is 14.0. The number of benzene rings is 2. The summed E-state index contributed by atoms with van der Waals surface area (Å²) in [5.41, 5.74) is 0.897. The lowest BCUT2D eigenvalue weighted by Gasteiger charge is -2.17. The second-order valence-corrected chi connectivity index (χ2v) is 10.2. The first kappa shape index (κ1) is 23.7. The van der Waals surface area contributed by atoms with E-state index in [-0.39, 0.29) is 17.2 Å². The zero-order valence-electron chi connectivity index (χ0n) is 16.2. The van der Waals surface area contributed by atoms with Gasteiger partial charge in [-0.2, -0.15) is 4.31 Å². The van der Waals surface area contributed by atoms with Gasteiger partial charge in [0.1, 0.15) is 5.82 Å². The SMILES string of the molecule is C=CCNS(=O)(=O)Cc1ccc(NC(=O)CN(C)S(=O)(=O)c2ccc(F)cc2)cc1. The smallest absolute Gasteiger partial charge is 0.243 e. The standard InChI is InChI=1S/C19H22FN3O5S2/c1-3-12-21-29(25,26)14-15-4-8-17(9-5-15)22-19(24)13-23(2)30(27,28)18-10-6-16(20)7-11-18/h3-11,21H,1,12-14H2,2H3,(H,22,24). The molecular formula is C19H22FN3O5S2. The van der Waals surface area contributed by atoms with Crippen molar-refractivity contribution in [3.63, 3.8) is 0 Å². The molecular weight excluding hydrogens is 433 g/mol. The van der Waals surface area contributed by atoms with Crippen molar-refractivity contribution >= 4 is 31.6 Å². The number of sulfonamides is 2. The van der Waals surface area contributed by atoms with Gasteiger partial charge in [0.25, 0.3) is 0 Å². The summed E-state index contributed by atoms with van der Waals surface area (Å²) in [6, 6.07) is 10.4. The molecule has 1 amide bonds. The van der Waals surface area contributed by atoms with Gasteiger partial charge in [-0.1, -0.05) is 18.2 Å². The van der Waals surface area contributed by atoms with Gasteiger partial charge in [0.15, 0.2) is 0 Å². The van der Waals surface area contributed by atoms with Gasteiger partial charge in [0, 0.05) is 19.3 Å². The van der Waals surface area contributed by atoms with Crippen molar-refractivity contribution in [2.75, 3.05) is 25.5 Å². The maximum atomic E-state index is 13.0. The summed E-state index contributed by atoms with van der Waals surface area (Å²) < 4.78 is 64.8. The Morgan fingerprint density at radius 2 is 1.67 bits per heavy atom. The minimum Gasteiger partial charge on any atom is -0.325 e. The third kappa shape index (κ3) is 6.73. The molecule has 0 heterocycles. The Balaban J connectivity index is 1.97. The number of nitrogens with one attached hydrogen (secondary N) is 2. The number of anilines is 1. The van der Waals surface area contributed by atoms with Crippen LogP contribution < -0.4 is 10.0 Å². The van der Waals surface area contributed by atoms with E-state index in [9.17, 15) is 26.0 Å². The molecule has 0 spiro atoms. The van der Waals surface area contributed by atoms with E-state index in [1.165, 1.54) is 25.3 Å². The Hall–Kier alpha value is -2.60. The predicted molar refractivity (Wildman–Crippen MR) is 112 cm³/mol. The summed E-state index contributed by atoms with van der Waals surface area (Å²) in [7, 11) is -6.21. The summed E-state index contributed by atoms with van der Waals surface area (Å²) in [4.78, 5) is 12.1. The van der Waals surface area contributed by atoms with Crippen LogP contribution in [0.1, 0.15) is 5.56 Å². The number of halogens is 1. The molecule has 2 aromatic rings. The number of hydrogen-bond donors (Lipinski definition) is 2. The van der Waals surface area contributed by atoms with Crippen LogP contribution in [0.15, 0.2) is 66.1 Å². The van der Waals surface area contributed by atoms with Gasteiger partial charge in [-0.25, -0.2) is 25.9 Å². The van der Waals surface area contributed by atoms with Crippen molar-refractivity contribution < 1.29 is 26.0 Å². The molecule has 2 aromatic carbocycles. The topological polar surface area (TPSA) is 113 Å². The highest BCUT2D eigenvalue weighted by atomic mass is 32.2. The van der Waals surface area contributed by atoms with Gasteiger partial charge in [-0.05, 0) is 42.0 Å². The monoisotopic (exact) mass is 455 g/mol. The maximum Gasteiger partial charge on any atom is 0.243 e. The molecule has 0 saturated carbocycles. The van der Waals surface area contributed by atoms with Crippen molar-refractivity contribution in [3.05, 3.63) is 72.6 Å². The highest BCUT2D eigenvalue weighted by molar-refractivity contribution is 7.89. The van der Waals surface area contributed by atoms with E-state index >= 15 is 0 Å². The Labute approximate surface area is 175 Å². The van der Waals surface area contributed by atoms with Crippen LogP contribution in [0.2, 0.25) is 0 Å². The number of nitrogens with zero attached hydrogens (tertiary/aromatic N) is 1. The largest absolute Gasteiger partial charge is 0.325 e. The lowest BCUT2D eigenvalue weighted by molar-refractivity contribution is -0.116. The fraction of sp³-hybridized carbons (Fsp3) is 0.211. The number of carbonyl (C=O) groups excluding carboxylic acids is 1. The molecule has 2 N–H and O–H groups in total. The van der Waals surface area contributed by atoms with Crippen molar-refractivity contribution in [2.24, 2.45) is 0 Å². The molecule has 0 radical (unpaired) electrons. The molecule has 0 fully saturated rings. The van der Waals surface area contributed by atoms with Crippen LogP contribution in [0.25, 0.3) is 0 Å². The zero-order valence-corrected chi connectivity index (χ0v) is 17.8. The average molecular weight is 456 g/mol. The van der Waals surface area contributed by atoms with Gasteiger partial charge < -0.3 is 5.32 Å². The maximum absolute atomic E-state index is 13.0. The summed E-state index contributed by atoms with van der Waals surface area (Å²) in [6.07, 6.45) is 1.43. The normalized spacial score (nSPS) is 12.0. The van der Waals surface area contributed by atoms with E-state index in [0.717, 1.165) is 28.6 Å². The number of likely N-dealkylation sites (N-methyl/N-ethyl adjacent to an activating group) is 1. The minimum atomic E-state index is -3.95. The van der Waals surface area contributed by atoms with E-state index in [0.29, 0.717) is 11.3 Å². The molecule has 0 saturated heterocycles. The van der Waals surface area contributed by atoms with Gasteiger partial charge in [0.05, 0.1) is 17.2 Å². The first-order valence-electron chi connectivity index (χ1n) is 8.72. The van der Waals surface area contributed by atoms with Crippen LogP contribution in [-0.2, 0) is 30.6 Å². The number of rotatable bonds is 10. The average Bonchev–Trinajstić information content (AvgIpc) is 2.68. The van der Waals surface area contributed by atoms with Crippen LogP contribution in [0.4, 0.5) is 10.1 Å². The first-order valence-corrected chi connectivity index (χ1v) is 11.8. The van der Waals surface area contributed by atoms with E-state index in [2.05, 4.69) is 16.6 Å². The fourth-order valence-corrected chi connectivity index (χ4v) is 4.65. The number of hydrogen-bond acceptors (Lipinski definition) is 5. The van der Waals surface area contributed by atoms with Crippen molar-refractivity contribution in [1.29, 1.82) is 0 Å². The molecule has 2 rings (SSSR count). The van der Waals surface area contributed by atoms with Crippen molar-refractivity contribution in [1.82, 2.24) is 9.03 Å². The molecule has 0 aliphatic heterocycles. The van der Waals surface area contributed by atoms with Gasteiger partial charge >= 0.3 is 0 Å². The van der Waals surface area contributed by atoms with Crippen molar-refractivity contribution in [2.45, 2.75) is 10.6 Å². The predicted octanol–water partition coefficient (Wildman–Crippen LogP) is 1.69. The Morgan fingerprint density at radius 3 is 2.23 bits per heavy atom. The third-order valence-electron chi connectivity index (χ3n) is 3.93. The van der Waals surface area contributed by atoms with Crippen LogP contribution in [0, 0.1) is 5.82 Å².